The average molecular weight is 156 g/mol. The van der Waals surface area contributed by atoms with Gasteiger partial charge in [-0.1, -0.05) is 13.8 Å². The molecule has 1 aliphatic heterocycles. The first-order valence-electron chi connectivity index (χ1n) is 4.69. The van der Waals surface area contributed by atoms with E-state index in [1.165, 1.54) is 19.4 Å². The van der Waals surface area contributed by atoms with E-state index in [2.05, 4.69) is 19.2 Å². The van der Waals surface area contributed by atoms with E-state index < -0.39 is 0 Å². The van der Waals surface area contributed by atoms with Crippen LogP contribution in [0.25, 0.3) is 0 Å². The highest BCUT2D eigenvalue weighted by Gasteiger charge is 2.25. The molecule has 0 unspecified atom stereocenters. The van der Waals surface area contributed by atoms with Gasteiger partial charge in [-0.05, 0) is 37.8 Å². The minimum Gasteiger partial charge on any atom is -0.330 e. The summed E-state index contributed by atoms with van der Waals surface area (Å²) >= 11 is 0. The SMILES string of the molecule is CC(C)[C@@H]1NCCC[C@H]1CN. The van der Waals surface area contributed by atoms with E-state index in [1.807, 2.05) is 0 Å². The molecule has 3 N–H and O–H groups in total. The molecule has 0 amide bonds. The maximum atomic E-state index is 5.69. The molecule has 0 aromatic carbocycles. The second kappa shape index (κ2) is 4.07. The number of piperidine rings is 1. The van der Waals surface area contributed by atoms with Gasteiger partial charge in [0.2, 0.25) is 0 Å². The molecule has 1 aliphatic rings. The lowest BCUT2D eigenvalue weighted by molar-refractivity contribution is 0.232. The minimum atomic E-state index is 0.661. The third-order valence-corrected chi connectivity index (χ3v) is 2.66. The van der Waals surface area contributed by atoms with E-state index in [0.717, 1.165) is 12.5 Å². The van der Waals surface area contributed by atoms with Gasteiger partial charge >= 0.3 is 0 Å². The minimum absolute atomic E-state index is 0.661. The first-order valence-corrected chi connectivity index (χ1v) is 4.69. The van der Waals surface area contributed by atoms with Crippen LogP contribution in [-0.4, -0.2) is 19.1 Å². The Morgan fingerprint density at radius 1 is 1.55 bits per heavy atom. The van der Waals surface area contributed by atoms with Crippen LogP contribution in [0.3, 0.4) is 0 Å². The van der Waals surface area contributed by atoms with E-state index >= 15 is 0 Å². The van der Waals surface area contributed by atoms with Crippen molar-refractivity contribution in [2.45, 2.75) is 32.7 Å². The van der Waals surface area contributed by atoms with Crippen molar-refractivity contribution in [1.29, 1.82) is 0 Å². The maximum Gasteiger partial charge on any atom is 0.0130 e. The molecule has 2 heteroatoms. The quantitative estimate of drug-likeness (QED) is 0.625. The van der Waals surface area contributed by atoms with Gasteiger partial charge in [0.1, 0.15) is 0 Å². The second-order valence-electron chi connectivity index (χ2n) is 3.86. The summed E-state index contributed by atoms with van der Waals surface area (Å²) in [5.74, 6) is 1.44. The molecule has 1 heterocycles. The van der Waals surface area contributed by atoms with E-state index in [9.17, 15) is 0 Å². The molecule has 1 rings (SSSR count). The molecule has 0 saturated carbocycles. The Bertz CT molecular complexity index is 112. The maximum absolute atomic E-state index is 5.69. The highest BCUT2D eigenvalue weighted by molar-refractivity contribution is 4.83. The fraction of sp³-hybridized carbons (Fsp3) is 1.00. The molecule has 11 heavy (non-hydrogen) atoms. The molecule has 0 spiro atoms. The Morgan fingerprint density at radius 2 is 2.27 bits per heavy atom. The second-order valence-corrected chi connectivity index (χ2v) is 3.86. The van der Waals surface area contributed by atoms with Crippen LogP contribution in [0, 0.1) is 11.8 Å². The third kappa shape index (κ3) is 2.17. The zero-order valence-corrected chi connectivity index (χ0v) is 7.64. The van der Waals surface area contributed by atoms with Crippen LogP contribution in [0.1, 0.15) is 26.7 Å². The number of nitrogens with one attached hydrogen (secondary N) is 1. The van der Waals surface area contributed by atoms with Crippen LogP contribution in [0.2, 0.25) is 0 Å². The zero-order chi connectivity index (χ0) is 8.27. The van der Waals surface area contributed by atoms with Gasteiger partial charge in [-0.15, -0.1) is 0 Å². The first-order chi connectivity index (χ1) is 5.25. The van der Waals surface area contributed by atoms with Crippen molar-refractivity contribution in [3.8, 4) is 0 Å². The van der Waals surface area contributed by atoms with Crippen LogP contribution in [-0.2, 0) is 0 Å². The van der Waals surface area contributed by atoms with Crippen molar-refractivity contribution < 1.29 is 0 Å². The molecule has 1 fully saturated rings. The molecular weight excluding hydrogens is 136 g/mol. The summed E-state index contributed by atoms with van der Waals surface area (Å²) in [6.45, 7) is 6.56. The summed E-state index contributed by atoms with van der Waals surface area (Å²) < 4.78 is 0. The van der Waals surface area contributed by atoms with Gasteiger partial charge in [-0.3, -0.25) is 0 Å². The summed E-state index contributed by atoms with van der Waals surface area (Å²) in [5.41, 5.74) is 5.69. The van der Waals surface area contributed by atoms with Gasteiger partial charge in [0.25, 0.3) is 0 Å². The molecule has 1 saturated heterocycles. The summed E-state index contributed by atoms with van der Waals surface area (Å²) in [6, 6.07) is 0.661. The van der Waals surface area contributed by atoms with Crippen LogP contribution in [0.15, 0.2) is 0 Å². The van der Waals surface area contributed by atoms with Gasteiger partial charge in [0.05, 0.1) is 0 Å². The Balaban J connectivity index is 2.44. The van der Waals surface area contributed by atoms with Gasteiger partial charge in [0.15, 0.2) is 0 Å². The molecule has 2 atom stereocenters. The van der Waals surface area contributed by atoms with Gasteiger partial charge < -0.3 is 11.1 Å². The Morgan fingerprint density at radius 3 is 2.73 bits per heavy atom. The summed E-state index contributed by atoms with van der Waals surface area (Å²) in [5, 5.41) is 3.54. The summed E-state index contributed by atoms with van der Waals surface area (Å²) in [7, 11) is 0. The molecule has 0 radical (unpaired) electrons. The van der Waals surface area contributed by atoms with Crippen molar-refractivity contribution in [2.24, 2.45) is 17.6 Å². The zero-order valence-electron chi connectivity index (χ0n) is 7.64. The van der Waals surface area contributed by atoms with Crippen molar-refractivity contribution in [3.63, 3.8) is 0 Å². The number of hydrogen-bond acceptors (Lipinski definition) is 2. The molecular formula is C9H20N2. The number of hydrogen-bond donors (Lipinski definition) is 2. The lowest BCUT2D eigenvalue weighted by atomic mass is 9.84. The predicted octanol–water partition coefficient (Wildman–Crippen LogP) is 0.969. The topological polar surface area (TPSA) is 38.0 Å². The smallest absolute Gasteiger partial charge is 0.0130 e. The van der Waals surface area contributed by atoms with Gasteiger partial charge in [0, 0.05) is 6.04 Å². The molecule has 0 aromatic heterocycles. The van der Waals surface area contributed by atoms with E-state index in [-0.39, 0.29) is 0 Å². The monoisotopic (exact) mass is 156 g/mol. The lowest BCUT2D eigenvalue weighted by Gasteiger charge is -2.34. The standard InChI is InChI=1S/C9H20N2/c1-7(2)9-8(6-10)4-3-5-11-9/h7-9,11H,3-6,10H2,1-2H3/t8-,9-/m0/s1. The normalized spacial score (nSPS) is 32.7. The van der Waals surface area contributed by atoms with Crippen molar-refractivity contribution in [2.75, 3.05) is 13.1 Å². The molecule has 0 bridgehead atoms. The highest BCUT2D eigenvalue weighted by Crippen LogP contribution is 2.20. The number of nitrogens with two attached hydrogens (primary N) is 1. The van der Waals surface area contributed by atoms with Crippen molar-refractivity contribution in [3.05, 3.63) is 0 Å². The fourth-order valence-electron chi connectivity index (χ4n) is 2.02. The largest absolute Gasteiger partial charge is 0.330 e. The van der Waals surface area contributed by atoms with Crippen LogP contribution < -0.4 is 11.1 Å². The highest BCUT2D eigenvalue weighted by atomic mass is 14.9. The predicted molar refractivity (Wildman–Crippen MR) is 48.4 cm³/mol. The van der Waals surface area contributed by atoms with Gasteiger partial charge in [-0.25, -0.2) is 0 Å². The average Bonchev–Trinajstić information content (AvgIpc) is 2.04. The Hall–Kier alpha value is -0.0800. The summed E-state index contributed by atoms with van der Waals surface area (Å²) in [4.78, 5) is 0. The van der Waals surface area contributed by atoms with Crippen molar-refractivity contribution in [1.82, 2.24) is 5.32 Å². The van der Waals surface area contributed by atoms with Crippen molar-refractivity contribution >= 4 is 0 Å². The first kappa shape index (κ1) is 9.01. The van der Waals surface area contributed by atoms with Crippen LogP contribution in [0.4, 0.5) is 0 Å². The molecule has 66 valence electrons. The van der Waals surface area contributed by atoms with E-state index in [0.29, 0.717) is 12.0 Å². The molecule has 0 aromatic rings. The summed E-state index contributed by atoms with van der Waals surface area (Å²) in [6.07, 6.45) is 2.61. The van der Waals surface area contributed by atoms with Crippen LogP contribution >= 0.6 is 0 Å². The number of rotatable bonds is 2. The van der Waals surface area contributed by atoms with E-state index in [4.69, 9.17) is 5.73 Å². The van der Waals surface area contributed by atoms with Gasteiger partial charge in [-0.2, -0.15) is 0 Å². The Labute approximate surface area is 69.5 Å². The third-order valence-electron chi connectivity index (χ3n) is 2.66. The molecule has 0 aliphatic carbocycles. The van der Waals surface area contributed by atoms with Crippen LogP contribution in [0.5, 0.6) is 0 Å². The Kier molecular flexibility index (Phi) is 3.34. The molecule has 2 nitrogen and oxygen atoms in total. The van der Waals surface area contributed by atoms with E-state index in [1.54, 1.807) is 0 Å². The lowest BCUT2D eigenvalue weighted by Crippen LogP contribution is -2.47. The fourth-order valence-corrected chi connectivity index (χ4v) is 2.02.